The number of aromatic nitrogens is 4. The number of aryl methyl sites for hydroxylation is 1. The molecule has 2 saturated heterocycles. The molecule has 122 valence electrons. The molecule has 8 heteroatoms. The molecule has 2 fully saturated rings. The van der Waals surface area contributed by atoms with Gasteiger partial charge >= 0.3 is 0 Å². The molecule has 7 nitrogen and oxygen atoms in total. The number of rotatable bonds is 4. The van der Waals surface area contributed by atoms with Crippen molar-refractivity contribution in [3.63, 3.8) is 0 Å². The number of hydrogen-bond donors (Lipinski definition) is 0. The van der Waals surface area contributed by atoms with Crippen LogP contribution in [0.4, 0.5) is 10.9 Å². The topological polar surface area (TPSA) is 67.3 Å². The zero-order valence-electron chi connectivity index (χ0n) is 13.3. The van der Waals surface area contributed by atoms with Crippen molar-refractivity contribution in [2.75, 3.05) is 43.1 Å². The standard InChI is InChI=1S/C15H20N6OS/c1-10-3-13(17-9-16-10)20-4-11-6-21(7-12(11)5-20)15-19-18-14(23-15)8-22-2/h3,9,11-12H,4-8H2,1-2H3. The van der Waals surface area contributed by atoms with E-state index in [9.17, 15) is 0 Å². The smallest absolute Gasteiger partial charge is 0.208 e. The van der Waals surface area contributed by atoms with Crippen molar-refractivity contribution >= 4 is 22.3 Å². The summed E-state index contributed by atoms with van der Waals surface area (Å²) in [7, 11) is 1.69. The van der Waals surface area contributed by atoms with Crippen LogP contribution in [0.25, 0.3) is 0 Å². The highest BCUT2D eigenvalue weighted by Gasteiger charge is 2.41. The Kier molecular flexibility index (Phi) is 3.86. The van der Waals surface area contributed by atoms with E-state index in [2.05, 4.69) is 36.0 Å². The molecule has 0 aromatic carbocycles. The molecule has 4 rings (SSSR count). The Hall–Kier alpha value is -1.80. The lowest BCUT2D eigenvalue weighted by Gasteiger charge is -2.21. The van der Waals surface area contributed by atoms with Gasteiger partial charge in [-0.05, 0) is 6.92 Å². The van der Waals surface area contributed by atoms with Gasteiger partial charge in [0.15, 0.2) is 0 Å². The second kappa shape index (κ2) is 6.01. The quantitative estimate of drug-likeness (QED) is 0.837. The SMILES string of the molecule is COCc1nnc(N2CC3CN(c4cc(C)ncn4)CC3C2)s1. The number of nitrogens with zero attached hydrogens (tertiary/aromatic N) is 6. The van der Waals surface area contributed by atoms with Gasteiger partial charge in [0.05, 0.1) is 0 Å². The predicted molar refractivity (Wildman–Crippen MR) is 88.8 cm³/mol. The second-order valence-corrected chi connectivity index (χ2v) is 7.30. The fraction of sp³-hybridized carbons (Fsp3) is 0.600. The summed E-state index contributed by atoms with van der Waals surface area (Å²) >= 11 is 1.64. The van der Waals surface area contributed by atoms with E-state index in [4.69, 9.17) is 4.74 Å². The van der Waals surface area contributed by atoms with Crippen LogP contribution in [0.15, 0.2) is 12.4 Å². The van der Waals surface area contributed by atoms with E-state index in [1.165, 1.54) is 0 Å². The van der Waals surface area contributed by atoms with Gasteiger partial charge in [-0.25, -0.2) is 9.97 Å². The van der Waals surface area contributed by atoms with E-state index < -0.39 is 0 Å². The average Bonchev–Trinajstić information content (AvgIpc) is 3.20. The van der Waals surface area contributed by atoms with Crippen LogP contribution < -0.4 is 9.80 Å². The van der Waals surface area contributed by atoms with Crippen LogP contribution in [-0.4, -0.2) is 53.5 Å². The lowest BCUT2D eigenvalue weighted by molar-refractivity contribution is 0.184. The Bertz CT molecular complexity index is 678. The Morgan fingerprint density at radius 3 is 2.57 bits per heavy atom. The molecule has 4 heterocycles. The van der Waals surface area contributed by atoms with E-state index in [0.29, 0.717) is 18.4 Å². The fourth-order valence-corrected chi connectivity index (χ4v) is 4.33. The van der Waals surface area contributed by atoms with Crippen LogP contribution in [0, 0.1) is 18.8 Å². The molecule has 0 saturated carbocycles. The van der Waals surface area contributed by atoms with Crippen molar-refractivity contribution in [1.29, 1.82) is 0 Å². The van der Waals surface area contributed by atoms with Crippen LogP contribution >= 0.6 is 11.3 Å². The largest absolute Gasteiger partial charge is 0.377 e. The molecule has 2 aromatic heterocycles. The Morgan fingerprint density at radius 2 is 1.87 bits per heavy atom. The van der Waals surface area contributed by atoms with Gasteiger partial charge in [0, 0.05) is 56.9 Å². The first-order valence-electron chi connectivity index (χ1n) is 7.83. The maximum atomic E-state index is 5.12. The third kappa shape index (κ3) is 2.88. The summed E-state index contributed by atoms with van der Waals surface area (Å²) < 4.78 is 5.12. The molecule has 2 aliphatic rings. The van der Waals surface area contributed by atoms with Crippen LogP contribution in [0.5, 0.6) is 0 Å². The first kappa shape index (κ1) is 14.8. The number of hydrogen-bond acceptors (Lipinski definition) is 8. The number of fused-ring (bicyclic) bond motifs is 1. The third-order valence-electron chi connectivity index (χ3n) is 4.59. The Balaban J connectivity index is 1.41. The lowest BCUT2D eigenvalue weighted by atomic mass is 10.0. The molecular weight excluding hydrogens is 312 g/mol. The molecular formula is C15H20N6OS. The highest BCUT2D eigenvalue weighted by molar-refractivity contribution is 7.15. The molecule has 2 aliphatic heterocycles. The molecule has 2 aromatic rings. The van der Waals surface area contributed by atoms with E-state index >= 15 is 0 Å². The Morgan fingerprint density at radius 1 is 1.13 bits per heavy atom. The van der Waals surface area contributed by atoms with Crippen molar-refractivity contribution in [2.45, 2.75) is 13.5 Å². The fourth-order valence-electron chi connectivity index (χ4n) is 3.50. The summed E-state index contributed by atoms with van der Waals surface area (Å²) in [5, 5.41) is 10.5. The van der Waals surface area contributed by atoms with Crippen LogP contribution in [-0.2, 0) is 11.3 Å². The minimum absolute atomic E-state index is 0.541. The first-order valence-corrected chi connectivity index (χ1v) is 8.64. The summed E-state index contributed by atoms with van der Waals surface area (Å²) in [6.45, 7) is 6.76. The monoisotopic (exact) mass is 332 g/mol. The van der Waals surface area contributed by atoms with Gasteiger partial charge in [0.2, 0.25) is 5.13 Å². The minimum Gasteiger partial charge on any atom is -0.377 e. The van der Waals surface area contributed by atoms with Gasteiger partial charge in [-0.3, -0.25) is 0 Å². The van der Waals surface area contributed by atoms with Crippen LogP contribution in [0.1, 0.15) is 10.7 Å². The molecule has 0 amide bonds. The number of ether oxygens (including phenoxy) is 1. The molecule has 0 spiro atoms. The summed E-state index contributed by atoms with van der Waals surface area (Å²) in [5.74, 6) is 2.39. The summed E-state index contributed by atoms with van der Waals surface area (Å²) in [5.41, 5.74) is 1.02. The van der Waals surface area contributed by atoms with Crippen LogP contribution in [0.2, 0.25) is 0 Å². The van der Waals surface area contributed by atoms with E-state index in [1.807, 2.05) is 6.92 Å². The molecule has 2 atom stereocenters. The van der Waals surface area contributed by atoms with Gasteiger partial charge in [-0.2, -0.15) is 0 Å². The normalized spacial score (nSPS) is 23.6. The first-order chi connectivity index (χ1) is 11.2. The average molecular weight is 332 g/mol. The highest BCUT2D eigenvalue weighted by Crippen LogP contribution is 2.36. The summed E-state index contributed by atoms with van der Waals surface area (Å²) in [6.07, 6.45) is 1.66. The van der Waals surface area contributed by atoms with E-state index in [1.54, 1.807) is 24.8 Å². The number of methoxy groups -OCH3 is 1. The molecule has 0 N–H and O–H groups in total. The van der Waals surface area contributed by atoms with Gasteiger partial charge in [0.1, 0.15) is 23.8 Å². The summed E-state index contributed by atoms with van der Waals surface area (Å²) in [4.78, 5) is 13.4. The third-order valence-corrected chi connectivity index (χ3v) is 5.55. The summed E-state index contributed by atoms with van der Waals surface area (Å²) in [6, 6.07) is 2.07. The second-order valence-electron chi connectivity index (χ2n) is 6.26. The maximum Gasteiger partial charge on any atom is 0.208 e. The molecule has 2 unspecified atom stereocenters. The van der Waals surface area contributed by atoms with Crippen molar-refractivity contribution in [3.05, 3.63) is 23.1 Å². The molecule has 0 bridgehead atoms. The minimum atomic E-state index is 0.541. The van der Waals surface area contributed by atoms with E-state index in [-0.39, 0.29) is 0 Å². The van der Waals surface area contributed by atoms with Gasteiger partial charge in [-0.15, -0.1) is 10.2 Å². The predicted octanol–water partition coefficient (Wildman–Crippen LogP) is 1.36. The van der Waals surface area contributed by atoms with Gasteiger partial charge < -0.3 is 14.5 Å². The number of anilines is 2. The molecule has 0 radical (unpaired) electrons. The highest BCUT2D eigenvalue weighted by atomic mass is 32.1. The van der Waals surface area contributed by atoms with Crippen molar-refractivity contribution in [3.8, 4) is 0 Å². The zero-order valence-corrected chi connectivity index (χ0v) is 14.2. The van der Waals surface area contributed by atoms with Crippen LogP contribution in [0.3, 0.4) is 0 Å². The van der Waals surface area contributed by atoms with E-state index in [0.717, 1.165) is 47.8 Å². The van der Waals surface area contributed by atoms with Crippen molar-refractivity contribution < 1.29 is 4.74 Å². The lowest BCUT2D eigenvalue weighted by Crippen LogP contribution is -2.29. The Labute approximate surface area is 139 Å². The van der Waals surface area contributed by atoms with Gasteiger partial charge in [-0.1, -0.05) is 11.3 Å². The molecule has 23 heavy (non-hydrogen) atoms. The van der Waals surface area contributed by atoms with Crippen molar-refractivity contribution in [1.82, 2.24) is 20.2 Å². The maximum absolute atomic E-state index is 5.12. The van der Waals surface area contributed by atoms with Crippen molar-refractivity contribution in [2.24, 2.45) is 11.8 Å². The molecule has 0 aliphatic carbocycles. The van der Waals surface area contributed by atoms with Gasteiger partial charge in [0.25, 0.3) is 0 Å². The zero-order chi connectivity index (χ0) is 15.8.